The maximum absolute atomic E-state index is 6.79. The minimum Gasteiger partial charge on any atom is -0.462 e. The van der Waals surface area contributed by atoms with E-state index in [1.807, 2.05) is 121 Å². The smallest absolute Gasteiger partial charge is 0.229 e. The Bertz CT molecular complexity index is 1580. The summed E-state index contributed by atoms with van der Waals surface area (Å²) >= 11 is 0. The Morgan fingerprint density at radius 3 is 1.38 bits per heavy atom. The van der Waals surface area contributed by atoms with Crippen molar-refractivity contribution in [2.75, 3.05) is 6.61 Å². The predicted molar refractivity (Wildman–Crippen MR) is 182 cm³/mol. The number of rotatable bonds is 15. The lowest BCUT2D eigenvalue weighted by Crippen LogP contribution is -2.62. The Morgan fingerprint density at radius 1 is 0.468 bits per heavy atom. The quantitative estimate of drug-likeness (QED) is 0.117. The summed E-state index contributed by atoms with van der Waals surface area (Å²) in [5.74, 6) is 0.684. The molecule has 5 atom stereocenters. The average molecular weight is 631 g/mol. The summed E-state index contributed by atoms with van der Waals surface area (Å²) in [5.41, 5.74) is 5.37. The van der Waals surface area contributed by atoms with Gasteiger partial charge >= 0.3 is 0 Å². The molecule has 1 saturated heterocycles. The van der Waals surface area contributed by atoms with Gasteiger partial charge < -0.3 is 28.4 Å². The number of benzene rings is 5. The summed E-state index contributed by atoms with van der Waals surface area (Å²) in [6.45, 7) is 3.88. The molecule has 1 fully saturated rings. The molecule has 0 spiro atoms. The highest BCUT2D eigenvalue weighted by atomic mass is 16.7. The van der Waals surface area contributed by atoms with Crippen LogP contribution in [0.4, 0.5) is 0 Å². The van der Waals surface area contributed by atoms with Crippen LogP contribution in [0, 0.1) is 6.92 Å². The van der Waals surface area contributed by atoms with Crippen LogP contribution in [0.15, 0.2) is 146 Å². The summed E-state index contributed by atoms with van der Waals surface area (Å²) in [6, 6.07) is 48.4. The van der Waals surface area contributed by atoms with Gasteiger partial charge in [-0.2, -0.15) is 0 Å². The molecule has 0 saturated carbocycles. The zero-order valence-corrected chi connectivity index (χ0v) is 26.7. The molecular weight excluding hydrogens is 588 g/mol. The van der Waals surface area contributed by atoms with E-state index in [-0.39, 0.29) is 6.61 Å². The lowest BCUT2D eigenvalue weighted by atomic mass is 9.97. The third-order valence-electron chi connectivity index (χ3n) is 8.11. The van der Waals surface area contributed by atoms with Gasteiger partial charge in [0.15, 0.2) is 0 Å². The van der Waals surface area contributed by atoms with Gasteiger partial charge in [0, 0.05) is 0 Å². The van der Waals surface area contributed by atoms with Gasteiger partial charge in [0.1, 0.15) is 30.2 Å². The molecule has 5 aromatic carbocycles. The topological polar surface area (TPSA) is 55.4 Å². The van der Waals surface area contributed by atoms with Gasteiger partial charge in [-0.15, -0.1) is 0 Å². The molecule has 1 heterocycles. The van der Waals surface area contributed by atoms with E-state index in [4.69, 9.17) is 28.4 Å². The molecule has 0 aromatic heterocycles. The van der Waals surface area contributed by atoms with E-state index >= 15 is 0 Å². The average Bonchev–Trinajstić information content (AvgIpc) is 3.12. The first-order valence-electron chi connectivity index (χ1n) is 16.2. The molecule has 242 valence electrons. The van der Waals surface area contributed by atoms with E-state index in [2.05, 4.69) is 31.2 Å². The number of hydrogen-bond acceptors (Lipinski definition) is 6. The van der Waals surface area contributed by atoms with Crippen LogP contribution in [0.3, 0.4) is 0 Å². The van der Waals surface area contributed by atoms with Crippen molar-refractivity contribution in [2.24, 2.45) is 0 Å². The SMILES string of the molecule is Cc1ccc(O[C@H]2O[C@H](COCc3ccccc3)[C@@H](OCc3ccccc3)[C@H](OCc3ccccc3)[C@H]2OCc2ccccc2)cc1. The summed E-state index contributed by atoms with van der Waals surface area (Å²) in [4.78, 5) is 0. The second-order valence-corrected chi connectivity index (χ2v) is 11.8. The molecule has 1 aliphatic rings. The van der Waals surface area contributed by atoms with Crippen LogP contribution in [0.5, 0.6) is 5.75 Å². The van der Waals surface area contributed by atoms with Crippen LogP contribution in [0.2, 0.25) is 0 Å². The second kappa shape index (κ2) is 17.0. The third kappa shape index (κ3) is 9.61. The van der Waals surface area contributed by atoms with Gasteiger partial charge in [-0.3, -0.25) is 0 Å². The van der Waals surface area contributed by atoms with Crippen molar-refractivity contribution in [1.29, 1.82) is 0 Å². The van der Waals surface area contributed by atoms with Crippen molar-refractivity contribution in [2.45, 2.75) is 64.1 Å². The van der Waals surface area contributed by atoms with Gasteiger partial charge in [-0.1, -0.05) is 139 Å². The molecule has 6 nitrogen and oxygen atoms in total. The summed E-state index contributed by atoms with van der Waals surface area (Å²) in [7, 11) is 0. The molecule has 0 aliphatic carbocycles. The van der Waals surface area contributed by atoms with Crippen LogP contribution in [0.1, 0.15) is 27.8 Å². The van der Waals surface area contributed by atoms with E-state index in [9.17, 15) is 0 Å². The van der Waals surface area contributed by atoms with E-state index < -0.39 is 30.7 Å². The Hall–Kier alpha value is -4.30. The monoisotopic (exact) mass is 630 g/mol. The minimum atomic E-state index is -0.788. The van der Waals surface area contributed by atoms with Crippen molar-refractivity contribution >= 4 is 0 Å². The zero-order chi connectivity index (χ0) is 32.1. The highest BCUT2D eigenvalue weighted by Crippen LogP contribution is 2.32. The number of aryl methyl sites for hydroxylation is 1. The number of hydrogen-bond donors (Lipinski definition) is 0. The predicted octanol–water partition coefficient (Wildman–Crippen LogP) is 8.07. The fourth-order valence-electron chi connectivity index (χ4n) is 5.59. The van der Waals surface area contributed by atoms with Crippen LogP contribution in [0.25, 0.3) is 0 Å². The van der Waals surface area contributed by atoms with Crippen LogP contribution < -0.4 is 4.74 Å². The Morgan fingerprint density at radius 2 is 0.894 bits per heavy atom. The second-order valence-electron chi connectivity index (χ2n) is 11.8. The van der Waals surface area contributed by atoms with Crippen LogP contribution in [-0.2, 0) is 50.1 Å². The van der Waals surface area contributed by atoms with Crippen molar-refractivity contribution in [1.82, 2.24) is 0 Å². The molecule has 0 unspecified atom stereocenters. The first-order chi connectivity index (χ1) is 23.2. The normalized spacial score (nSPS) is 20.9. The van der Waals surface area contributed by atoms with Crippen molar-refractivity contribution in [3.63, 3.8) is 0 Å². The Kier molecular flexibility index (Phi) is 11.8. The molecule has 5 aromatic rings. The molecule has 6 rings (SSSR count). The largest absolute Gasteiger partial charge is 0.462 e. The lowest BCUT2D eigenvalue weighted by molar-refractivity contribution is -0.310. The van der Waals surface area contributed by atoms with Crippen LogP contribution >= 0.6 is 0 Å². The molecule has 0 N–H and O–H groups in total. The van der Waals surface area contributed by atoms with Gasteiger partial charge in [0.05, 0.1) is 33.0 Å². The molecule has 1 aliphatic heterocycles. The Balaban J connectivity index is 1.31. The zero-order valence-electron chi connectivity index (χ0n) is 26.7. The fraction of sp³-hybridized carbons (Fsp3) is 0.268. The third-order valence-corrected chi connectivity index (χ3v) is 8.11. The molecule has 0 amide bonds. The van der Waals surface area contributed by atoms with E-state index in [1.54, 1.807) is 0 Å². The van der Waals surface area contributed by atoms with Crippen LogP contribution in [-0.4, -0.2) is 37.3 Å². The standard InChI is InChI=1S/C41H42O6/c1-31-22-24-36(25-23-31)46-41-40(45-29-35-20-12-5-13-21-35)39(44-28-34-18-10-4-11-19-34)38(43-27-33-16-8-3-9-17-33)37(47-41)30-42-26-32-14-6-2-7-15-32/h2-25,37-41H,26-30H2,1H3/t37-,38-,39+,40-,41+/m1/s1. The Labute approximate surface area is 277 Å². The first kappa shape index (κ1) is 32.6. The highest BCUT2D eigenvalue weighted by Gasteiger charge is 2.49. The van der Waals surface area contributed by atoms with Gasteiger partial charge in [0.2, 0.25) is 6.29 Å². The summed E-state index contributed by atoms with van der Waals surface area (Å²) in [6.07, 6.45) is -2.98. The fourth-order valence-corrected chi connectivity index (χ4v) is 5.59. The molecule has 6 heteroatoms. The van der Waals surface area contributed by atoms with Gasteiger partial charge in [-0.05, 0) is 41.3 Å². The first-order valence-corrected chi connectivity index (χ1v) is 16.2. The highest BCUT2D eigenvalue weighted by molar-refractivity contribution is 5.27. The maximum atomic E-state index is 6.79. The maximum Gasteiger partial charge on any atom is 0.229 e. The van der Waals surface area contributed by atoms with Gasteiger partial charge in [0.25, 0.3) is 0 Å². The molecule has 0 radical (unpaired) electrons. The lowest BCUT2D eigenvalue weighted by Gasteiger charge is -2.45. The summed E-state index contributed by atoms with van der Waals surface area (Å²) in [5, 5.41) is 0. The number of ether oxygens (including phenoxy) is 6. The van der Waals surface area contributed by atoms with E-state index in [0.717, 1.165) is 27.8 Å². The van der Waals surface area contributed by atoms with Crippen molar-refractivity contribution in [3.8, 4) is 5.75 Å². The van der Waals surface area contributed by atoms with E-state index in [1.165, 1.54) is 0 Å². The summed E-state index contributed by atoms with van der Waals surface area (Å²) < 4.78 is 39.8. The molecular formula is C41H42O6. The van der Waals surface area contributed by atoms with E-state index in [0.29, 0.717) is 32.2 Å². The molecule has 0 bridgehead atoms. The van der Waals surface area contributed by atoms with Gasteiger partial charge in [-0.25, -0.2) is 0 Å². The van der Waals surface area contributed by atoms with Crippen molar-refractivity contribution in [3.05, 3.63) is 173 Å². The van der Waals surface area contributed by atoms with Crippen molar-refractivity contribution < 1.29 is 28.4 Å². The minimum absolute atomic E-state index is 0.276. The molecule has 47 heavy (non-hydrogen) atoms.